The first-order valence-corrected chi connectivity index (χ1v) is 5.27. The largest absolute Gasteiger partial charge is 0.299 e. The molecule has 1 atom stereocenters. The van der Waals surface area contributed by atoms with Crippen LogP contribution < -0.4 is 0 Å². The molecule has 0 spiro atoms. The lowest BCUT2D eigenvalue weighted by Crippen LogP contribution is -2.37. The molecule has 1 rings (SSSR count). The molecule has 0 aromatic heterocycles. The average molecular weight is 182 g/mol. The van der Waals surface area contributed by atoms with E-state index in [1.54, 1.807) is 0 Å². The number of hydrogen-bond donors (Lipinski definition) is 0. The molecule has 0 saturated heterocycles. The molecule has 1 aliphatic rings. The molecule has 1 fully saturated rings. The zero-order valence-corrected chi connectivity index (χ0v) is 9.61. The van der Waals surface area contributed by atoms with Gasteiger partial charge in [0.2, 0.25) is 0 Å². The van der Waals surface area contributed by atoms with Crippen LogP contribution in [0.4, 0.5) is 0 Å². The topological polar surface area (TPSA) is 17.1 Å². The van der Waals surface area contributed by atoms with Crippen molar-refractivity contribution in [2.45, 2.75) is 53.9 Å². The Hall–Kier alpha value is -0.330. The third-order valence-electron chi connectivity index (χ3n) is 3.46. The minimum Gasteiger partial charge on any atom is -0.299 e. The van der Waals surface area contributed by atoms with Gasteiger partial charge in [-0.05, 0) is 24.2 Å². The van der Waals surface area contributed by atoms with E-state index in [1.807, 2.05) is 0 Å². The van der Waals surface area contributed by atoms with Crippen molar-refractivity contribution in [3.63, 3.8) is 0 Å². The summed E-state index contributed by atoms with van der Waals surface area (Å²) in [5.74, 6) is 1.16. The normalized spacial score (nSPS) is 29.0. The van der Waals surface area contributed by atoms with Gasteiger partial charge in [0.25, 0.3) is 0 Å². The molecule has 0 aromatic rings. The second-order valence-corrected chi connectivity index (χ2v) is 6.11. The number of carbonyl (C=O) groups is 1. The van der Waals surface area contributed by atoms with Crippen molar-refractivity contribution in [1.29, 1.82) is 0 Å². The molecule has 0 N–H and O–H groups in total. The fourth-order valence-electron chi connectivity index (χ4n) is 2.21. The zero-order chi connectivity index (χ0) is 10.3. The van der Waals surface area contributed by atoms with Gasteiger partial charge in [-0.15, -0.1) is 0 Å². The van der Waals surface area contributed by atoms with E-state index in [2.05, 4.69) is 34.6 Å². The summed E-state index contributed by atoms with van der Waals surface area (Å²) < 4.78 is 0. The van der Waals surface area contributed by atoms with Crippen LogP contribution in [-0.2, 0) is 4.79 Å². The molecule has 0 heterocycles. The quantitative estimate of drug-likeness (QED) is 0.561. The zero-order valence-electron chi connectivity index (χ0n) is 9.61. The SMILES string of the molecule is CC1(C)C[C@H](C(C)(C)C)CCC1=O. The second kappa shape index (κ2) is 3.11. The van der Waals surface area contributed by atoms with Crippen molar-refractivity contribution in [3.8, 4) is 0 Å². The van der Waals surface area contributed by atoms with E-state index in [4.69, 9.17) is 0 Å². The Morgan fingerprint density at radius 1 is 1.31 bits per heavy atom. The summed E-state index contributed by atoms with van der Waals surface area (Å²) in [6, 6.07) is 0. The summed E-state index contributed by atoms with van der Waals surface area (Å²) in [7, 11) is 0. The minimum absolute atomic E-state index is 0.0732. The summed E-state index contributed by atoms with van der Waals surface area (Å²) in [6.45, 7) is 11.0. The van der Waals surface area contributed by atoms with Crippen LogP contribution in [0.2, 0.25) is 0 Å². The molecule has 0 aromatic carbocycles. The highest BCUT2D eigenvalue weighted by atomic mass is 16.1. The van der Waals surface area contributed by atoms with Gasteiger partial charge in [0.1, 0.15) is 5.78 Å². The van der Waals surface area contributed by atoms with Crippen molar-refractivity contribution >= 4 is 5.78 Å². The van der Waals surface area contributed by atoms with Crippen molar-refractivity contribution in [1.82, 2.24) is 0 Å². The summed E-state index contributed by atoms with van der Waals surface area (Å²) in [4.78, 5) is 11.6. The number of carbonyl (C=O) groups excluding carboxylic acids is 1. The minimum atomic E-state index is -0.0732. The molecule has 0 amide bonds. The van der Waals surface area contributed by atoms with Gasteiger partial charge in [-0.1, -0.05) is 34.6 Å². The van der Waals surface area contributed by atoms with Crippen LogP contribution in [0.15, 0.2) is 0 Å². The molecule has 0 unspecified atom stereocenters. The van der Waals surface area contributed by atoms with E-state index in [-0.39, 0.29) is 5.41 Å². The van der Waals surface area contributed by atoms with Crippen molar-refractivity contribution in [2.24, 2.45) is 16.7 Å². The first-order valence-electron chi connectivity index (χ1n) is 5.27. The molecule has 1 heteroatoms. The highest BCUT2D eigenvalue weighted by molar-refractivity contribution is 5.84. The van der Waals surface area contributed by atoms with Gasteiger partial charge in [0, 0.05) is 11.8 Å². The van der Waals surface area contributed by atoms with Crippen molar-refractivity contribution in [2.75, 3.05) is 0 Å². The Balaban J connectivity index is 2.72. The van der Waals surface area contributed by atoms with Gasteiger partial charge in [-0.2, -0.15) is 0 Å². The third kappa shape index (κ3) is 2.32. The van der Waals surface area contributed by atoms with Gasteiger partial charge in [0.15, 0.2) is 0 Å². The van der Waals surface area contributed by atoms with Crippen LogP contribution in [0.25, 0.3) is 0 Å². The van der Waals surface area contributed by atoms with Gasteiger partial charge in [-0.25, -0.2) is 0 Å². The summed E-state index contributed by atoms with van der Waals surface area (Å²) in [5.41, 5.74) is 0.286. The first kappa shape index (κ1) is 10.7. The summed E-state index contributed by atoms with van der Waals surface area (Å²) in [6.07, 6.45) is 2.94. The third-order valence-corrected chi connectivity index (χ3v) is 3.46. The maximum atomic E-state index is 11.6. The maximum Gasteiger partial charge on any atom is 0.138 e. The molecule has 1 nitrogen and oxygen atoms in total. The van der Waals surface area contributed by atoms with E-state index in [0.29, 0.717) is 17.1 Å². The lowest BCUT2D eigenvalue weighted by molar-refractivity contribution is -0.132. The van der Waals surface area contributed by atoms with Crippen LogP contribution in [0, 0.1) is 16.7 Å². The predicted octanol–water partition coefficient (Wildman–Crippen LogP) is 3.43. The Labute approximate surface area is 81.9 Å². The van der Waals surface area contributed by atoms with E-state index < -0.39 is 0 Å². The molecule has 1 aliphatic carbocycles. The van der Waals surface area contributed by atoms with Crippen LogP contribution in [0.1, 0.15) is 53.9 Å². The highest BCUT2D eigenvalue weighted by Crippen LogP contribution is 2.43. The van der Waals surface area contributed by atoms with Crippen molar-refractivity contribution < 1.29 is 4.79 Å². The molecule has 76 valence electrons. The lowest BCUT2D eigenvalue weighted by Gasteiger charge is -2.40. The number of hydrogen-bond acceptors (Lipinski definition) is 1. The number of Topliss-reactive ketones (excluding diaryl/α,β-unsaturated/α-hetero) is 1. The molecule has 0 aliphatic heterocycles. The monoisotopic (exact) mass is 182 g/mol. The number of ketones is 1. The van der Waals surface area contributed by atoms with E-state index in [9.17, 15) is 4.79 Å². The fourth-order valence-corrected chi connectivity index (χ4v) is 2.21. The Morgan fingerprint density at radius 2 is 1.85 bits per heavy atom. The predicted molar refractivity (Wildman–Crippen MR) is 55.6 cm³/mol. The fraction of sp³-hybridized carbons (Fsp3) is 0.917. The van der Waals surface area contributed by atoms with Crippen LogP contribution >= 0.6 is 0 Å². The molecular formula is C12H22O. The standard InChI is InChI=1S/C12H22O/c1-11(2,3)9-6-7-10(13)12(4,5)8-9/h9H,6-8H2,1-5H3/t9-/m1/s1. The molecule has 0 bridgehead atoms. The van der Waals surface area contributed by atoms with Crippen LogP contribution in [0.5, 0.6) is 0 Å². The highest BCUT2D eigenvalue weighted by Gasteiger charge is 2.39. The lowest BCUT2D eigenvalue weighted by atomic mass is 9.63. The Bertz CT molecular complexity index is 208. The van der Waals surface area contributed by atoms with Gasteiger partial charge < -0.3 is 0 Å². The van der Waals surface area contributed by atoms with Gasteiger partial charge >= 0.3 is 0 Å². The average Bonchev–Trinajstić information content (AvgIpc) is 1.92. The van der Waals surface area contributed by atoms with Crippen LogP contribution in [0.3, 0.4) is 0 Å². The summed E-state index contributed by atoms with van der Waals surface area (Å²) >= 11 is 0. The Kier molecular flexibility index (Phi) is 2.57. The summed E-state index contributed by atoms with van der Waals surface area (Å²) in [5, 5.41) is 0. The van der Waals surface area contributed by atoms with Gasteiger partial charge in [0.05, 0.1) is 0 Å². The van der Waals surface area contributed by atoms with Crippen LogP contribution in [-0.4, -0.2) is 5.78 Å². The molecule has 1 saturated carbocycles. The smallest absolute Gasteiger partial charge is 0.138 e. The Morgan fingerprint density at radius 3 is 2.23 bits per heavy atom. The number of rotatable bonds is 0. The second-order valence-electron chi connectivity index (χ2n) is 6.11. The van der Waals surface area contributed by atoms with E-state index >= 15 is 0 Å². The molecule has 13 heavy (non-hydrogen) atoms. The van der Waals surface area contributed by atoms with Crippen molar-refractivity contribution in [3.05, 3.63) is 0 Å². The molecular weight excluding hydrogens is 160 g/mol. The maximum absolute atomic E-state index is 11.6. The van der Waals surface area contributed by atoms with E-state index in [1.165, 1.54) is 0 Å². The van der Waals surface area contributed by atoms with E-state index in [0.717, 1.165) is 19.3 Å². The molecule has 0 radical (unpaired) electrons. The van der Waals surface area contributed by atoms with Gasteiger partial charge in [-0.3, -0.25) is 4.79 Å². The first-order chi connectivity index (χ1) is 5.73.